The molecular weight excluding hydrogens is 518 g/mol. The normalized spacial score (nSPS) is 15.5. The smallest absolute Gasteiger partial charge is 0.181 e. The average molecular weight is 554 g/mol. The predicted octanol–water partition coefficient (Wildman–Crippen LogP) is 7.08. The van der Waals surface area contributed by atoms with E-state index in [9.17, 15) is 4.79 Å². The topological polar surface area (TPSA) is 63.4 Å². The number of rotatable bonds is 8. The molecule has 42 heavy (non-hydrogen) atoms. The van der Waals surface area contributed by atoms with Gasteiger partial charge in [0, 0.05) is 37.3 Å². The summed E-state index contributed by atoms with van der Waals surface area (Å²) >= 11 is 0. The molecule has 0 N–H and O–H groups in total. The summed E-state index contributed by atoms with van der Waals surface area (Å²) < 4.78 is 2.36. The zero-order chi connectivity index (χ0) is 28.3. The van der Waals surface area contributed by atoms with Crippen LogP contribution in [0.1, 0.15) is 36.8 Å². The molecule has 0 unspecified atom stereocenters. The first-order valence-corrected chi connectivity index (χ1v) is 15.1. The fourth-order valence-electron chi connectivity index (χ4n) is 6.30. The Kier molecular flexibility index (Phi) is 7.45. The number of aryl methyl sites for hydroxylation is 1. The molecule has 1 fully saturated rings. The summed E-state index contributed by atoms with van der Waals surface area (Å²) in [7, 11) is 0. The van der Waals surface area contributed by atoms with Gasteiger partial charge < -0.3 is 9.47 Å². The van der Waals surface area contributed by atoms with Crippen LogP contribution in [0.15, 0.2) is 96.2 Å². The van der Waals surface area contributed by atoms with Crippen molar-refractivity contribution in [1.82, 2.24) is 19.4 Å². The molecule has 0 radical (unpaired) electrons. The lowest BCUT2D eigenvalue weighted by molar-refractivity contribution is -0.112. The lowest BCUT2D eigenvalue weighted by atomic mass is 9.96. The summed E-state index contributed by atoms with van der Waals surface area (Å²) in [6.45, 7) is 4.38. The van der Waals surface area contributed by atoms with E-state index < -0.39 is 0 Å². The number of pyridine rings is 1. The molecular formula is C36H35N5O. The van der Waals surface area contributed by atoms with Gasteiger partial charge in [-0.1, -0.05) is 61.0 Å². The number of carbonyl (C=O) groups is 1. The summed E-state index contributed by atoms with van der Waals surface area (Å²) in [6, 6.07) is 27.1. The number of aliphatic imine (C=N–C) groups is 1. The van der Waals surface area contributed by atoms with E-state index in [0.717, 1.165) is 69.9 Å². The van der Waals surface area contributed by atoms with Gasteiger partial charge in [0.05, 0.1) is 22.4 Å². The maximum absolute atomic E-state index is 13.1. The third-order valence-electron chi connectivity index (χ3n) is 8.55. The molecule has 6 heteroatoms. The Labute approximate surface area is 246 Å². The fourth-order valence-corrected chi connectivity index (χ4v) is 6.30. The van der Waals surface area contributed by atoms with Crippen molar-refractivity contribution in [2.45, 2.75) is 45.1 Å². The maximum atomic E-state index is 13.1. The third-order valence-corrected chi connectivity index (χ3v) is 8.55. The standard InChI is InChI=1S/C36H35N5O/c42-35-24-30-23-32-34(25-31(30)38-33(35)22-26-8-3-1-4-9-26)41(21-7-20-40-18-5-2-6-19-40)36(39-32)29-12-10-27(11-13-29)28-14-16-37-17-15-28/h1,3-4,8-17,23,25H,2,5-7,18-22,24H2. The van der Waals surface area contributed by atoms with Crippen LogP contribution in [0.5, 0.6) is 0 Å². The van der Waals surface area contributed by atoms with Crippen molar-refractivity contribution in [1.29, 1.82) is 0 Å². The van der Waals surface area contributed by atoms with Crippen LogP contribution in [0.4, 0.5) is 5.69 Å². The van der Waals surface area contributed by atoms with E-state index in [2.05, 4.69) is 63.0 Å². The number of Topliss-reactive ketones (excluding diaryl/α,β-unsaturated/α-hetero) is 1. The van der Waals surface area contributed by atoms with Crippen molar-refractivity contribution < 1.29 is 4.79 Å². The van der Waals surface area contributed by atoms with Crippen molar-refractivity contribution in [3.05, 3.63) is 102 Å². The van der Waals surface area contributed by atoms with Gasteiger partial charge in [-0.05, 0) is 85.4 Å². The number of aromatic nitrogens is 3. The Morgan fingerprint density at radius 2 is 1.50 bits per heavy atom. The summed E-state index contributed by atoms with van der Waals surface area (Å²) in [4.78, 5) is 29.9. The number of benzene rings is 3. The zero-order valence-corrected chi connectivity index (χ0v) is 23.9. The highest BCUT2D eigenvalue weighted by molar-refractivity contribution is 6.42. The maximum Gasteiger partial charge on any atom is 0.181 e. The number of piperidine rings is 1. The number of carbonyl (C=O) groups excluding carboxylic acids is 1. The van der Waals surface area contributed by atoms with Gasteiger partial charge in [0.15, 0.2) is 5.78 Å². The summed E-state index contributed by atoms with van der Waals surface area (Å²) in [5, 5.41) is 0. The first-order chi connectivity index (χ1) is 20.7. The highest BCUT2D eigenvalue weighted by Gasteiger charge is 2.23. The van der Waals surface area contributed by atoms with E-state index in [1.54, 1.807) is 0 Å². The molecule has 0 saturated carbocycles. The zero-order valence-electron chi connectivity index (χ0n) is 23.9. The number of ketones is 1. The Hall–Kier alpha value is -4.42. The molecule has 0 bridgehead atoms. The first-order valence-electron chi connectivity index (χ1n) is 15.1. The van der Waals surface area contributed by atoms with Crippen molar-refractivity contribution >= 4 is 28.2 Å². The van der Waals surface area contributed by atoms with Gasteiger partial charge in [0.2, 0.25) is 0 Å². The van der Waals surface area contributed by atoms with Crippen LogP contribution < -0.4 is 0 Å². The van der Waals surface area contributed by atoms with Crippen molar-refractivity contribution in [2.75, 3.05) is 19.6 Å². The second-order valence-electron chi connectivity index (χ2n) is 11.4. The molecule has 0 spiro atoms. The Balaban J connectivity index is 1.25. The first kappa shape index (κ1) is 26.5. The lowest BCUT2D eigenvalue weighted by Crippen LogP contribution is -2.31. The van der Waals surface area contributed by atoms with Crippen LogP contribution in [0.3, 0.4) is 0 Å². The minimum atomic E-state index is 0.0959. The van der Waals surface area contributed by atoms with Crippen molar-refractivity contribution in [3.8, 4) is 22.5 Å². The summed E-state index contributed by atoms with van der Waals surface area (Å²) in [5.74, 6) is 1.06. The number of hydrogen-bond donors (Lipinski definition) is 0. The Morgan fingerprint density at radius 3 is 2.29 bits per heavy atom. The number of fused-ring (bicyclic) bond motifs is 2. The molecule has 2 aliphatic rings. The van der Waals surface area contributed by atoms with E-state index in [1.807, 2.05) is 42.7 Å². The van der Waals surface area contributed by atoms with Gasteiger partial charge in [-0.3, -0.25) is 9.78 Å². The monoisotopic (exact) mass is 553 g/mol. The van der Waals surface area contributed by atoms with Crippen LogP contribution in [0.2, 0.25) is 0 Å². The largest absolute Gasteiger partial charge is 0.324 e. The quantitative estimate of drug-likeness (QED) is 0.206. The van der Waals surface area contributed by atoms with Gasteiger partial charge in [-0.2, -0.15) is 0 Å². The second-order valence-corrected chi connectivity index (χ2v) is 11.4. The van der Waals surface area contributed by atoms with Gasteiger partial charge in [-0.25, -0.2) is 9.98 Å². The van der Waals surface area contributed by atoms with Gasteiger partial charge in [-0.15, -0.1) is 0 Å². The minimum absolute atomic E-state index is 0.0959. The molecule has 0 aliphatic carbocycles. The van der Waals surface area contributed by atoms with E-state index in [-0.39, 0.29) is 5.78 Å². The highest BCUT2D eigenvalue weighted by atomic mass is 16.1. The molecule has 0 amide bonds. The van der Waals surface area contributed by atoms with Crippen LogP contribution in [-0.2, 0) is 24.2 Å². The molecule has 5 aromatic rings. The Morgan fingerprint density at radius 1 is 0.762 bits per heavy atom. The van der Waals surface area contributed by atoms with E-state index >= 15 is 0 Å². The number of likely N-dealkylation sites (tertiary alicyclic amines) is 1. The van der Waals surface area contributed by atoms with Crippen molar-refractivity contribution in [2.24, 2.45) is 4.99 Å². The van der Waals surface area contributed by atoms with Crippen LogP contribution in [-0.4, -0.2) is 50.6 Å². The molecule has 3 aromatic carbocycles. The van der Waals surface area contributed by atoms with Crippen LogP contribution in [0, 0.1) is 0 Å². The van der Waals surface area contributed by atoms with Gasteiger partial charge >= 0.3 is 0 Å². The molecule has 0 atom stereocenters. The molecule has 2 aliphatic heterocycles. The average Bonchev–Trinajstić information content (AvgIpc) is 3.39. The highest BCUT2D eigenvalue weighted by Crippen LogP contribution is 2.34. The van der Waals surface area contributed by atoms with Gasteiger partial charge in [0.1, 0.15) is 5.82 Å². The molecule has 2 aromatic heterocycles. The predicted molar refractivity (Wildman–Crippen MR) is 169 cm³/mol. The Bertz CT molecular complexity index is 1730. The number of imidazole rings is 1. The van der Waals surface area contributed by atoms with Crippen molar-refractivity contribution in [3.63, 3.8) is 0 Å². The minimum Gasteiger partial charge on any atom is -0.324 e. The molecule has 210 valence electrons. The van der Waals surface area contributed by atoms with E-state index in [4.69, 9.17) is 9.98 Å². The lowest BCUT2D eigenvalue weighted by Gasteiger charge is -2.26. The SMILES string of the molecule is O=C1Cc2cc3nc(-c4ccc(-c5ccncc5)cc4)n(CCCN4CCCCC4)c3cc2N=C1Cc1ccccc1. The van der Waals surface area contributed by atoms with E-state index in [0.29, 0.717) is 18.6 Å². The van der Waals surface area contributed by atoms with Gasteiger partial charge in [0.25, 0.3) is 0 Å². The molecule has 4 heterocycles. The molecule has 6 nitrogen and oxygen atoms in total. The summed E-state index contributed by atoms with van der Waals surface area (Å²) in [6.07, 6.45) is 9.59. The fraction of sp³-hybridized carbons (Fsp3) is 0.278. The number of nitrogens with zero attached hydrogens (tertiary/aromatic N) is 5. The number of hydrogen-bond acceptors (Lipinski definition) is 5. The van der Waals surface area contributed by atoms with Crippen LogP contribution in [0.25, 0.3) is 33.5 Å². The second kappa shape index (κ2) is 11.8. The van der Waals surface area contributed by atoms with Crippen LogP contribution >= 0.6 is 0 Å². The molecule has 1 saturated heterocycles. The van der Waals surface area contributed by atoms with E-state index in [1.165, 1.54) is 32.4 Å². The summed E-state index contributed by atoms with van der Waals surface area (Å²) in [5.41, 5.74) is 8.99. The molecule has 7 rings (SSSR count). The third kappa shape index (κ3) is 5.55.